The fourth-order valence-corrected chi connectivity index (χ4v) is 2.40. The van der Waals surface area contributed by atoms with Crippen LogP contribution in [0.4, 0.5) is 5.69 Å². The number of carbonyl (C=O) groups is 1. The lowest BCUT2D eigenvalue weighted by Crippen LogP contribution is -2.50. The van der Waals surface area contributed by atoms with Crippen LogP contribution in [-0.2, 0) is 4.79 Å². The number of benzene rings is 1. The maximum absolute atomic E-state index is 12.4. The molecule has 0 spiro atoms. The molecule has 0 aromatic heterocycles. The maximum atomic E-state index is 12.4. The van der Waals surface area contributed by atoms with Crippen molar-refractivity contribution in [3.05, 3.63) is 24.3 Å². The van der Waals surface area contributed by atoms with Crippen LogP contribution in [0.2, 0.25) is 0 Å². The number of carbonyl (C=O) groups excluding carboxylic acids is 1. The largest absolute Gasteiger partial charge is 0.495 e. The molecule has 1 fully saturated rings. The average Bonchev–Trinajstić information content (AvgIpc) is 2.41. The zero-order chi connectivity index (χ0) is 13.0. The van der Waals surface area contributed by atoms with Crippen molar-refractivity contribution in [2.24, 2.45) is 0 Å². The number of methoxy groups -OCH3 is 1. The summed E-state index contributed by atoms with van der Waals surface area (Å²) >= 11 is 0. The van der Waals surface area contributed by atoms with Gasteiger partial charge in [-0.1, -0.05) is 19.1 Å². The minimum atomic E-state index is -0.0614. The molecule has 2 rings (SSSR count). The van der Waals surface area contributed by atoms with Crippen LogP contribution < -0.4 is 15.0 Å². The molecule has 0 saturated carbocycles. The highest BCUT2D eigenvalue weighted by Crippen LogP contribution is 2.30. The van der Waals surface area contributed by atoms with Gasteiger partial charge in [-0.05, 0) is 31.5 Å². The molecule has 1 aliphatic heterocycles. The minimum Gasteiger partial charge on any atom is -0.495 e. The van der Waals surface area contributed by atoms with Crippen LogP contribution in [0.15, 0.2) is 24.3 Å². The van der Waals surface area contributed by atoms with Gasteiger partial charge in [0, 0.05) is 6.54 Å². The first kappa shape index (κ1) is 12.9. The van der Waals surface area contributed by atoms with Gasteiger partial charge in [0.1, 0.15) is 5.75 Å². The van der Waals surface area contributed by atoms with Gasteiger partial charge in [0.2, 0.25) is 5.91 Å². The van der Waals surface area contributed by atoms with E-state index in [2.05, 4.69) is 5.32 Å². The molecule has 4 heteroatoms. The van der Waals surface area contributed by atoms with Gasteiger partial charge in [0.15, 0.2) is 0 Å². The molecule has 1 atom stereocenters. The number of hydrogen-bond acceptors (Lipinski definition) is 3. The smallest absolute Gasteiger partial charge is 0.244 e. The fourth-order valence-electron chi connectivity index (χ4n) is 2.40. The topological polar surface area (TPSA) is 41.6 Å². The Morgan fingerprint density at radius 1 is 1.44 bits per heavy atom. The lowest BCUT2D eigenvalue weighted by atomic mass is 10.0. The summed E-state index contributed by atoms with van der Waals surface area (Å²) in [4.78, 5) is 14.2. The summed E-state index contributed by atoms with van der Waals surface area (Å²) in [5.41, 5.74) is 0.868. The van der Waals surface area contributed by atoms with E-state index in [-0.39, 0.29) is 11.9 Å². The lowest BCUT2D eigenvalue weighted by Gasteiger charge is -2.33. The molecule has 1 aromatic rings. The van der Waals surface area contributed by atoms with Crippen molar-refractivity contribution in [2.75, 3.05) is 25.1 Å². The van der Waals surface area contributed by atoms with Gasteiger partial charge < -0.3 is 15.0 Å². The number of hydrogen-bond donors (Lipinski definition) is 1. The van der Waals surface area contributed by atoms with Crippen molar-refractivity contribution in [1.29, 1.82) is 0 Å². The van der Waals surface area contributed by atoms with E-state index in [9.17, 15) is 4.79 Å². The van der Waals surface area contributed by atoms with Crippen LogP contribution in [0.5, 0.6) is 5.75 Å². The number of amides is 1. The summed E-state index contributed by atoms with van der Waals surface area (Å²) < 4.78 is 5.33. The predicted molar refractivity (Wildman–Crippen MR) is 72.0 cm³/mol. The highest BCUT2D eigenvalue weighted by atomic mass is 16.5. The van der Waals surface area contributed by atoms with Crippen LogP contribution >= 0.6 is 0 Å². The van der Waals surface area contributed by atoms with Crippen molar-refractivity contribution in [2.45, 2.75) is 25.8 Å². The quantitative estimate of drug-likeness (QED) is 0.883. The average molecular weight is 248 g/mol. The Kier molecular flexibility index (Phi) is 4.20. The van der Waals surface area contributed by atoms with Gasteiger partial charge in [-0.25, -0.2) is 0 Å². The molecule has 1 aromatic carbocycles. The van der Waals surface area contributed by atoms with E-state index in [1.165, 1.54) is 0 Å². The molecule has 0 aliphatic carbocycles. The third-order valence-electron chi connectivity index (χ3n) is 3.27. The van der Waals surface area contributed by atoms with Crippen LogP contribution in [0, 0.1) is 0 Å². The summed E-state index contributed by atoms with van der Waals surface area (Å²) in [6.45, 7) is 3.60. The van der Waals surface area contributed by atoms with E-state index in [4.69, 9.17) is 4.74 Å². The molecule has 1 amide bonds. The first-order chi connectivity index (χ1) is 8.77. The summed E-state index contributed by atoms with van der Waals surface area (Å²) in [6.07, 6.45) is 1.93. The van der Waals surface area contributed by atoms with Crippen LogP contribution in [0.25, 0.3) is 0 Å². The van der Waals surface area contributed by atoms with E-state index >= 15 is 0 Å². The monoisotopic (exact) mass is 248 g/mol. The second-order valence-corrected chi connectivity index (χ2v) is 4.41. The standard InChI is InChI=1S/C14H20N2O2/c1-3-15-11-7-6-10-16(14(11)17)12-8-4-5-9-13(12)18-2/h4-5,8-9,11,15H,3,6-7,10H2,1-2H3. The highest BCUT2D eigenvalue weighted by molar-refractivity contribution is 5.99. The number of piperidine rings is 1. The summed E-state index contributed by atoms with van der Waals surface area (Å²) in [7, 11) is 1.63. The number of nitrogens with zero attached hydrogens (tertiary/aromatic N) is 1. The molecule has 0 radical (unpaired) electrons. The minimum absolute atomic E-state index is 0.0614. The first-order valence-electron chi connectivity index (χ1n) is 6.45. The Bertz CT molecular complexity index is 418. The number of anilines is 1. The summed E-state index contributed by atoms with van der Waals surface area (Å²) in [5, 5.41) is 3.24. The van der Waals surface area contributed by atoms with Gasteiger partial charge >= 0.3 is 0 Å². The van der Waals surface area contributed by atoms with Gasteiger partial charge in [0.25, 0.3) is 0 Å². The summed E-state index contributed by atoms with van der Waals surface area (Å²) in [5.74, 6) is 0.899. The Balaban J connectivity index is 2.23. The molecule has 98 valence electrons. The van der Waals surface area contributed by atoms with Crippen molar-refractivity contribution < 1.29 is 9.53 Å². The highest BCUT2D eigenvalue weighted by Gasteiger charge is 2.30. The van der Waals surface area contributed by atoms with Gasteiger partial charge in [0.05, 0.1) is 18.8 Å². The predicted octanol–water partition coefficient (Wildman–Crippen LogP) is 1.80. The van der Waals surface area contributed by atoms with Crippen LogP contribution in [0.1, 0.15) is 19.8 Å². The van der Waals surface area contributed by atoms with Gasteiger partial charge in [-0.3, -0.25) is 4.79 Å². The zero-order valence-corrected chi connectivity index (χ0v) is 11.0. The third kappa shape index (κ3) is 2.48. The van der Waals surface area contributed by atoms with Crippen LogP contribution in [0.3, 0.4) is 0 Å². The number of likely N-dealkylation sites (N-methyl/N-ethyl adjacent to an activating group) is 1. The van der Waals surface area contributed by atoms with Crippen LogP contribution in [-0.4, -0.2) is 32.1 Å². The van der Waals surface area contributed by atoms with Crippen molar-refractivity contribution in [3.63, 3.8) is 0 Å². The van der Waals surface area contributed by atoms with Crippen molar-refractivity contribution in [1.82, 2.24) is 5.32 Å². The first-order valence-corrected chi connectivity index (χ1v) is 6.45. The Morgan fingerprint density at radius 2 is 2.22 bits per heavy atom. The Hall–Kier alpha value is -1.55. The molecule has 18 heavy (non-hydrogen) atoms. The second kappa shape index (κ2) is 5.87. The van der Waals surface area contributed by atoms with E-state index in [0.29, 0.717) is 0 Å². The van der Waals surface area contributed by atoms with E-state index in [1.807, 2.05) is 36.1 Å². The van der Waals surface area contributed by atoms with E-state index in [1.54, 1.807) is 7.11 Å². The molecular weight excluding hydrogens is 228 g/mol. The number of para-hydroxylation sites is 2. The molecule has 1 unspecified atom stereocenters. The maximum Gasteiger partial charge on any atom is 0.244 e. The number of nitrogens with one attached hydrogen (secondary N) is 1. The van der Waals surface area contributed by atoms with E-state index in [0.717, 1.165) is 37.4 Å². The molecule has 1 heterocycles. The van der Waals surface area contributed by atoms with E-state index < -0.39 is 0 Å². The second-order valence-electron chi connectivity index (χ2n) is 4.41. The molecule has 0 bridgehead atoms. The van der Waals surface area contributed by atoms with Gasteiger partial charge in [-0.15, -0.1) is 0 Å². The zero-order valence-electron chi connectivity index (χ0n) is 11.0. The molecule has 1 saturated heterocycles. The van der Waals surface area contributed by atoms with Gasteiger partial charge in [-0.2, -0.15) is 0 Å². The molecule has 1 aliphatic rings. The number of rotatable bonds is 4. The normalized spacial score (nSPS) is 20.0. The Labute approximate surface area is 108 Å². The molecule has 1 N–H and O–H groups in total. The number of ether oxygens (including phenoxy) is 1. The molecule has 4 nitrogen and oxygen atoms in total. The lowest BCUT2D eigenvalue weighted by molar-refractivity contribution is -0.121. The SMILES string of the molecule is CCNC1CCCN(c2ccccc2OC)C1=O. The van der Waals surface area contributed by atoms with Crippen molar-refractivity contribution in [3.8, 4) is 5.75 Å². The molecular formula is C14H20N2O2. The fraction of sp³-hybridized carbons (Fsp3) is 0.500. The Morgan fingerprint density at radius 3 is 2.94 bits per heavy atom. The summed E-state index contributed by atoms with van der Waals surface area (Å²) in [6, 6.07) is 7.61. The van der Waals surface area contributed by atoms with Crippen molar-refractivity contribution >= 4 is 11.6 Å². The third-order valence-corrected chi connectivity index (χ3v) is 3.27.